The lowest BCUT2D eigenvalue weighted by Gasteiger charge is -2.21. The largest absolute Gasteiger partial charge is 0.484 e. The molecular formula is C22H27N3O3. The second kappa shape index (κ2) is 9.37. The number of aryl methyl sites for hydroxylation is 1. The molecule has 0 aliphatic heterocycles. The van der Waals surface area contributed by atoms with Crippen LogP contribution in [0.3, 0.4) is 0 Å². The third kappa shape index (κ3) is 6.39. The second-order valence-electron chi connectivity index (χ2n) is 7.30. The molecule has 0 unspecified atom stereocenters. The molecule has 2 amide bonds. The van der Waals surface area contributed by atoms with Crippen LogP contribution < -0.4 is 15.8 Å². The summed E-state index contributed by atoms with van der Waals surface area (Å²) in [5, 5.41) is 2.98. The fourth-order valence-corrected chi connectivity index (χ4v) is 3.10. The molecule has 6 heteroatoms. The maximum absolute atomic E-state index is 12.4. The number of carbonyl (C=O) groups excluding carboxylic acids is 2. The number of carbonyl (C=O) groups is 2. The molecule has 0 bridgehead atoms. The SMILES string of the molecule is Cc1cccc(CN(CC(=O)NCc2ccc(OCC(N)=O)cc2)C2CC2)c1. The molecule has 28 heavy (non-hydrogen) atoms. The molecule has 0 atom stereocenters. The minimum atomic E-state index is -0.512. The van der Waals surface area contributed by atoms with Gasteiger partial charge < -0.3 is 15.8 Å². The van der Waals surface area contributed by atoms with E-state index < -0.39 is 5.91 Å². The maximum atomic E-state index is 12.4. The maximum Gasteiger partial charge on any atom is 0.255 e. The number of nitrogens with zero attached hydrogens (tertiary/aromatic N) is 1. The van der Waals surface area contributed by atoms with E-state index in [0.717, 1.165) is 24.9 Å². The van der Waals surface area contributed by atoms with E-state index in [-0.39, 0.29) is 12.5 Å². The first-order chi connectivity index (χ1) is 13.5. The second-order valence-corrected chi connectivity index (χ2v) is 7.30. The van der Waals surface area contributed by atoms with Crippen LogP contribution >= 0.6 is 0 Å². The summed E-state index contributed by atoms with van der Waals surface area (Å²) in [7, 11) is 0. The van der Waals surface area contributed by atoms with Gasteiger partial charge in [0.2, 0.25) is 5.91 Å². The molecule has 148 valence electrons. The minimum Gasteiger partial charge on any atom is -0.484 e. The van der Waals surface area contributed by atoms with Crippen LogP contribution in [0.25, 0.3) is 0 Å². The Balaban J connectivity index is 1.47. The zero-order chi connectivity index (χ0) is 19.9. The van der Waals surface area contributed by atoms with Crippen LogP contribution in [0.15, 0.2) is 48.5 Å². The van der Waals surface area contributed by atoms with E-state index in [1.165, 1.54) is 11.1 Å². The zero-order valence-electron chi connectivity index (χ0n) is 16.2. The van der Waals surface area contributed by atoms with Gasteiger partial charge in [0.15, 0.2) is 6.61 Å². The van der Waals surface area contributed by atoms with Gasteiger partial charge in [0, 0.05) is 19.1 Å². The van der Waals surface area contributed by atoms with Crippen LogP contribution in [-0.2, 0) is 22.7 Å². The lowest BCUT2D eigenvalue weighted by molar-refractivity contribution is -0.122. The van der Waals surface area contributed by atoms with E-state index in [4.69, 9.17) is 10.5 Å². The highest BCUT2D eigenvalue weighted by atomic mass is 16.5. The summed E-state index contributed by atoms with van der Waals surface area (Å²) in [6, 6.07) is 16.2. The third-order valence-corrected chi connectivity index (χ3v) is 4.67. The number of rotatable bonds is 10. The monoisotopic (exact) mass is 381 g/mol. The lowest BCUT2D eigenvalue weighted by Crippen LogP contribution is -2.37. The van der Waals surface area contributed by atoms with Gasteiger partial charge in [-0.2, -0.15) is 0 Å². The van der Waals surface area contributed by atoms with Crippen molar-refractivity contribution < 1.29 is 14.3 Å². The molecule has 0 radical (unpaired) electrons. The Morgan fingerprint density at radius 1 is 1.14 bits per heavy atom. The zero-order valence-corrected chi connectivity index (χ0v) is 16.2. The predicted octanol–water partition coefficient (Wildman–Crippen LogP) is 2.14. The number of ether oxygens (including phenoxy) is 1. The summed E-state index contributed by atoms with van der Waals surface area (Å²) in [5.41, 5.74) is 8.50. The summed E-state index contributed by atoms with van der Waals surface area (Å²) in [6.07, 6.45) is 2.32. The summed E-state index contributed by atoms with van der Waals surface area (Å²) in [6.45, 7) is 3.60. The normalized spacial score (nSPS) is 13.4. The first-order valence-corrected chi connectivity index (χ1v) is 9.56. The molecule has 1 aliphatic carbocycles. The highest BCUT2D eigenvalue weighted by molar-refractivity contribution is 5.78. The molecule has 2 aromatic rings. The van der Waals surface area contributed by atoms with Crippen molar-refractivity contribution in [2.75, 3.05) is 13.2 Å². The number of primary amides is 1. The van der Waals surface area contributed by atoms with Gasteiger partial charge in [0.25, 0.3) is 5.91 Å². The van der Waals surface area contributed by atoms with Crippen molar-refractivity contribution in [3.63, 3.8) is 0 Å². The molecule has 3 rings (SSSR count). The summed E-state index contributed by atoms with van der Waals surface area (Å²) in [4.78, 5) is 25.4. The Morgan fingerprint density at radius 3 is 2.54 bits per heavy atom. The van der Waals surface area contributed by atoms with Gasteiger partial charge in [0.05, 0.1) is 6.54 Å². The number of nitrogens with two attached hydrogens (primary N) is 1. The van der Waals surface area contributed by atoms with E-state index in [1.54, 1.807) is 12.1 Å². The van der Waals surface area contributed by atoms with Crippen molar-refractivity contribution in [2.45, 2.75) is 38.9 Å². The highest BCUT2D eigenvalue weighted by Crippen LogP contribution is 2.28. The number of hydrogen-bond acceptors (Lipinski definition) is 4. The fourth-order valence-electron chi connectivity index (χ4n) is 3.10. The topological polar surface area (TPSA) is 84.7 Å². The molecule has 0 heterocycles. The Kier molecular flexibility index (Phi) is 6.66. The fraction of sp³-hybridized carbons (Fsp3) is 0.364. The van der Waals surface area contributed by atoms with Gasteiger partial charge in [-0.25, -0.2) is 0 Å². The molecule has 3 N–H and O–H groups in total. The Morgan fingerprint density at radius 2 is 1.89 bits per heavy atom. The molecule has 2 aromatic carbocycles. The highest BCUT2D eigenvalue weighted by Gasteiger charge is 2.30. The minimum absolute atomic E-state index is 0.0219. The van der Waals surface area contributed by atoms with Crippen molar-refractivity contribution in [2.24, 2.45) is 5.73 Å². The van der Waals surface area contributed by atoms with Crippen molar-refractivity contribution in [3.05, 3.63) is 65.2 Å². The van der Waals surface area contributed by atoms with E-state index in [2.05, 4.69) is 41.4 Å². The summed E-state index contributed by atoms with van der Waals surface area (Å²) >= 11 is 0. The van der Waals surface area contributed by atoms with Crippen LogP contribution in [0.5, 0.6) is 5.75 Å². The Hall–Kier alpha value is -2.86. The van der Waals surface area contributed by atoms with Crippen molar-refractivity contribution in [1.29, 1.82) is 0 Å². The number of nitrogens with one attached hydrogen (secondary N) is 1. The summed E-state index contributed by atoms with van der Waals surface area (Å²) in [5.74, 6) is 0.0859. The van der Waals surface area contributed by atoms with Crippen LogP contribution in [0, 0.1) is 6.92 Å². The molecule has 1 aliphatic rings. The Bertz CT molecular complexity index is 816. The smallest absolute Gasteiger partial charge is 0.255 e. The van der Waals surface area contributed by atoms with Gasteiger partial charge >= 0.3 is 0 Å². The van der Waals surface area contributed by atoms with Gasteiger partial charge in [-0.1, -0.05) is 42.0 Å². The summed E-state index contributed by atoms with van der Waals surface area (Å²) < 4.78 is 5.23. The number of amides is 2. The average molecular weight is 381 g/mol. The molecule has 0 spiro atoms. The van der Waals surface area contributed by atoms with Crippen LogP contribution in [0.1, 0.15) is 29.5 Å². The van der Waals surface area contributed by atoms with E-state index >= 15 is 0 Å². The predicted molar refractivity (Wildman–Crippen MR) is 108 cm³/mol. The third-order valence-electron chi connectivity index (χ3n) is 4.67. The van der Waals surface area contributed by atoms with Crippen molar-refractivity contribution in [1.82, 2.24) is 10.2 Å². The van der Waals surface area contributed by atoms with E-state index in [0.29, 0.717) is 24.9 Å². The average Bonchev–Trinajstić information content (AvgIpc) is 3.50. The lowest BCUT2D eigenvalue weighted by atomic mass is 10.1. The molecule has 1 saturated carbocycles. The standard InChI is InChI=1S/C22H27N3O3/c1-16-3-2-4-18(11-16)13-25(19-7-8-19)14-22(27)24-12-17-5-9-20(10-6-17)28-15-21(23)26/h2-6,9-11,19H,7-8,12-15H2,1H3,(H2,23,26)(H,24,27). The van der Waals surface area contributed by atoms with Crippen LogP contribution in [-0.4, -0.2) is 35.9 Å². The van der Waals surface area contributed by atoms with E-state index in [1.807, 2.05) is 12.1 Å². The van der Waals surface area contributed by atoms with Gasteiger partial charge in [0.1, 0.15) is 5.75 Å². The molecule has 0 saturated heterocycles. The van der Waals surface area contributed by atoms with E-state index in [9.17, 15) is 9.59 Å². The Labute approximate surface area is 165 Å². The van der Waals surface area contributed by atoms with Gasteiger partial charge in [-0.05, 0) is 43.0 Å². The van der Waals surface area contributed by atoms with Crippen LogP contribution in [0.4, 0.5) is 0 Å². The van der Waals surface area contributed by atoms with Crippen LogP contribution in [0.2, 0.25) is 0 Å². The molecular weight excluding hydrogens is 354 g/mol. The number of hydrogen-bond donors (Lipinski definition) is 2. The van der Waals surface area contributed by atoms with Crippen molar-refractivity contribution in [3.8, 4) is 5.75 Å². The number of benzene rings is 2. The first kappa shape index (κ1) is 19.9. The van der Waals surface area contributed by atoms with Gasteiger partial charge in [-0.15, -0.1) is 0 Å². The quantitative estimate of drug-likeness (QED) is 0.660. The van der Waals surface area contributed by atoms with Gasteiger partial charge in [-0.3, -0.25) is 14.5 Å². The first-order valence-electron chi connectivity index (χ1n) is 9.56. The van der Waals surface area contributed by atoms with Crippen molar-refractivity contribution >= 4 is 11.8 Å². The molecule has 6 nitrogen and oxygen atoms in total. The molecule has 1 fully saturated rings. The molecule has 0 aromatic heterocycles.